The molecule has 0 spiro atoms. The molecule has 3 atom stereocenters. The van der Waals surface area contributed by atoms with Crippen molar-refractivity contribution >= 4 is 39.3 Å². The number of carbonyl (C=O) groups excluding carboxylic acids is 2. The lowest BCUT2D eigenvalue weighted by Crippen LogP contribution is -2.47. The van der Waals surface area contributed by atoms with Crippen LogP contribution in [0, 0.1) is 0 Å². The average Bonchev–Trinajstić information content (AvgIpc) is 3.60. The first-order valence-electron chi connectivity index (χ1n) is 15.2. The Bertz CT molecular complexity index is 1790. The summed E-state index contributed by atoms with van der Waals surface area (Å²) in [6.07, 6.45) is 4.41. The van der Waals surface area contributed by atoms with E-state index >= 15 is 0 Å². The molecule has 0 aliphatic carbocycles. The smallest absolute Gasteiger partial charge is 0.252 e. The van der Waals surface area contributed by atoms with E-state index < -0.39 is 6.04 Å². The fourth-order valence-electron chi connectivity index (χ4n) is 5.62. The Labute approximate surface area is 262 Å². The van der Waals surface area contributed by atoms with E-state index in [2.05, 4.69) is 30.9 Å². The summed E-state index contributed by atoms with van der Waals surface area (Å²) in [7, 11) is 0. The molecular weight excluding hydrogens is 564 g/mol. The molecule has 4 aromatic carbocycles. The second-order valence-electron chi connectivity index (χ2n) is 11.2. The van der Waals surface area contributed by atoms with Crippen molar-refractivity contribution in [3.63, 3.8) is 0 Å². The Morgan fingerprint density at radius 3 is 2.36 bits per heavy atom. The summed E-state index contributed by atoms with van der Waals surface area (Å²) in [6, 6.07) is 24.6. The van der Waals surface area contributed by atoms with E-state index in [4.69, 9.17) is 11.5 Å². The quantitative estimate of drug-likeness (QED) is 0.0654. The monoisotopic (exact) mass is 604 g/mol. The second kappa shape index (κ2) is 14.5. The third-order valence-corrected chi connectivity index (χ3v) is 8.00. The first kappa shape index (κ1) is 31.2. The standard InChI is InChI=1S/C35H40N8O2/c1-22(26-14-7-10-24-9-3-4-11-27(24)26)42-34(45)31(15-8-18-40-35(36)37)43-33(44)30-17-16-25(28-12-5-6-13-29(28)30)21-41-23(2)32-38-19-20-39-32/h3-7,9-14,16-17,19-20,22-23,31,41H,8,15,18,21H2,1-2H3,(H,38,39)(H,42,45)(H,43,44)(H4,36,37,40)/t22-,23?,31?/m0/s1. The molecule has 0 aliphatic rings. The van der Waals surface area contributed by atoms with Crippen LogP contribution in [-0.2, 0) is 11.3 Å². The van der Waals surface area contributed by atoms with Crippen LogP contribution >= 0.6 is 0 Å². The Morgan fingerprint density at radius 1 is 0.867 bits per heavy atom. The highest BCUT2D eigenvalue weighted by Gasteiger charge is 2.24. The number of aromatic amines is 1. The van der Waals surface area contributed by atoms with Gasteiger partial charge in [-0.1, -0.05) is 72.8 Å². The largest absolute Gasteiger partial charge is 0.370 e. The zero-order valence-corrected chi connectivity index (χ0v) is 25.6. The number of fused-ring (bicyclic) bond motifs is 2. The van der Waals surface area contributed by atoms with Crippen molar-refractivity contribution in [2.45, 2.75) is 51.4 Å². The Hall–Kier alpha value is -5.22. The van der Waals surface area contributed by atoms with Crippen LogP contribution < -0.4 is 27.4 Å². The van der Waals surface area contributed by atoms with Crippen molar-refractivity contribution in [3.05, 3.63) is 114 Å². The highest BCUT2D eigenvalue weighted by molar-refractivity contribution is 6.09. The van der Waals surface area contributed by atoms with E-state index in [1.54, 1.807) is 12.4 Å². The van der Waals surface area contributed by atoms with Gasteiger partial charge in [0.1, 0.15) is 11.9 Å². The van der Waals surface area contributed by atoms with Gasteiger partial charge in [-0.2, -0.15) is 0 Å². The van der Waals surface area contributed by atoms with Crippen LogP contribution in [0.25, 0.3) is 21.5 Å². The number of aliphatic imine (C=N–C) groups is 1. The number of hydrogen-bond acceptors (Lipinski definition) is 5. The number of benzene rings is 4. The molecule has 10 heteroatoms. The number of nitrogens with zero attached hydrogens (tertiary/aromatic N) is 2. The lowest BCUT2D eigenvalue weighted by Gasteiger charge is -2.23. The molecule has 45 heavy (non-hydrogen) atoms. The molecule has 0 radical (unpaired) electrons. The fourth-order valence-corrected chi connectivity index (χ4v) is 5.62. The van der Waals surface area contributed by atoms with Crippen LogP contribution in [-0.4, -0.2) is 40.3 Å². The van der Waals surface area contributed by atoms with Gasteiger partial charge in [0.15, 0.2) is 5.96 Å². The maximum absolute atomic E-state index is 13.8. The molecular formula is C35H40N8O2. The summed E-state index contributed by atoms with van der Waals surface area (Å²) in [6.45, 7) is 4.93. The minimum atomic E-state index is -0.793. The first-order valence-corrected chi connectivity index (χ1v) is 15.2. The molecule has 0 saturated heterocycles. The SMILES string of the molecule is CC(NCc1ccc(C(=O)NC(CCCN=C(N)N)C(=O)N[C@@H](C)c2cccc3ccccc23)c2ccccc12)c1ncc[nH]1. The van der Waals surface area contributed by atoms with Gasteiger partial charge in [0.25, 0.3) is 5.91 Å². The van der Waals surface area contributed by atoms with E-state index in [0.717, 1.165) is 38.5 Å². The summed E-state index contributed by atoms with van der Waals surface area (Å²) < 4.78 is 0. The van der Waals surface area contributed by atoms with E-state index in [0.29, 0.717) is 31.5 Å². The minimum absolute atomic E-state index is 0.00998. The Kier molecular flexibility index (Phi) is 10.1. The van der Waals surface area contributed by atoms with Gasteiger partial charge in [0.05, 0.1) is 12.1 Å². The number of amides is 2. The first-order chi connectivity index (χ1) is 21.8. The van der Waals surface area contributed by atoms with Gasteiger partial charge in [0.2, 0.25) is 5.91 Å². The summed E-state index contributed by atoms with van der Waals surface area (Å²) >= 11 is 0. The van der Waals surface area contributed by atoms with Crippen molar-refractivity contribution < 1.29 is 9.59 Å². The third-order valence-electron chi connectivity index (χ3n) is 8.00. The summed E-state index contributed by atoms with van der Waals surface area (Å²) in [5.74, 6) is 0.249. The van der Waals surface area contributed by atoms with Gasteiger partial charge in [-0.05, 0) is 65.4 Å². The van der Waals surface area contributed by atoms with Crippen LogP contribution in [0.5, 0.6) is 0 Å². The minimum Gasteiger partial charge on any atom is -0.370 e. The predicted octanol–water partition coefficient (Wildman–Crippen LogP) is 4.60. The van der Waals surface area contributed by atoms with E-state index in [1.165, 1.54) is 0 Å². The van der Waals surface area contributed by atoms with Gasteiger partial charge in [-0.15, -0.1) is 0 Å². The summed E-state index contributed by atoms with van der Waals surface area (Å²) in [5.41, 5.74) is 13.6. The van der Waals surface area contributed by atoms with Gasteiger partial charge in [-0.25, -0.2) is 4.98 Å². The number of rotatable bonds is 13. The van der Waals surface area contributed by atoms with E-state index in [-0.39, 0.29) is 29.9 Å². The van der Waals surface area contributed by atoms with Crippen molar-refractivity contribution in [2.75, 3.05) is 6.54 Å². The zero-order valence-electron chi connectivity index (χ0n) is 25.6. The molecule has 10 nitrogen and oxygen atoms in total. The Balaban J connectivity index is 1.34. The molecule has 0 aliphatic heterocycles. The lowest BCUT2D eigenvalue weighted by molar-refractivity contribution is -0.123. The van der Waals surface area contributed by atoms with Crippen LogP contribution in [0.4, 0.5) is 0 Å². The highest BCUT2D eigenvalue weighted by Crippen LogP contribution is 2.26. The molecule has 5 rings (SSSR count). The molecule has 0 bridgehead atoms. The van der Waals surface area contributed by atoms with Gasteiger partial charge in [0, 0.05) is 31.0 Å². The number of H-pyrrole nitrogens is 1. The predicted molar refractivity (Wildman–Crippen MR) is 179 cm³/mol. The summed E-state index contributed by atoms with van der Waals surface area (Å²) in [5, 5.41) is 13.6. The molecule has 1 heterocycles. The molecule has 5 aromatic rings. The van der Waals surface area contributed by atoms with E-state index in [1.807, 2.05) is 92.7 Å². The number of aromatic nitrogens is 2. The third kappa shape index (κ3) is 7.66. The van der Waals surface area contributed by atoms with E-state index in [9.17, 15) is 9.59 Å². The van der Waals surface area contributed by atoms with Crippen LogP contribution in [0.1, 0.15) is 66.1 Å². The van der Waals surface area contributed by atoms with Crippen molar-refractivity contribution in [1.29, 1.82) is 0 Å². The highest BCUT2D eigenvalue weighted by atomic mass is 16.2. The molecule has 2 amide bonds. The summed E-state index contributed by atoms with van der Waals surface area (Å²) in [4.78, 5) is 39.0. The number of nitrogens with two attached hydrogens (primary N) is 2. The molecule has 8 N–H and O–H groups in total. The molecule has 0 fully saturated rings. The maximum atomic E-state index is 13.8. The molecule has 1 aromatic heterocycles. The topological polar surface area (TPSA) is 163 Å². The number of imidazole rings is 1. The molecule has 232 valence electrons. The van der Waals surface area contributed by atoms with Gasteiger partial charge < -0.3 is 32.4 Å². The van der Waals surface area contributed by atoms with Crippen LogP contribution in [0.15, 0.2) is 96.2 Å². The fraction of sp³-hybridized carbons (Fsp3) is 0.257. The van der Waals surface area contributed by atoms with Crippen LogP contribution in [0.2, 0.25) is 0 Å². The Morgan fingerprint density at radius 2 is 1.60 bits per heavy atom. The van der Waals surface area contributed by atoms with Crippen LogP contribution in [0.3, 0.4) is 0 Å². The van der Waals surface area contributed by atoms with Crippen molar-refractivity contribution in [3.8, 4) is 0 Å². The maximum Gasteiger partial charge on any atom is 0.252 e. The van der Waals surface area contributed by atoms with Gasteiger partial charge >= 0.3 is 0 Å². The average molecular weight is 605 g/mol. The van der Waals surface area contributed by atoms with Gasteiger partial charge in [-0.3, -0.25) is 14.6 Å². The second-order valence-corrected chi connectivity index (χ2v) is 11.2. The van der Waals surface area contributed by atoms with Crippen molar-refractivity contribution in [2.24, 2.45) is 16.5 Å². The molecule has 2 unspecified atom stereocenters. The molecule has 0 saturated carbocycles. The number of carbonyl (C=O) groups is 2. The number of guanidine groups is 1. The normalized spacial score (nSPS) is 13.2. The number of hydrogen-bond donors (Lipinski definition) is 6. The van der Waals surface area contributed by atoms with Crippen molar-refractivity contribution in [1.82, 2.24) is 25.9 Å². The number of nitrogens with one attached hydrogen (secondary N) is 4. The zero-order chi connectivity index (χ0) is 31.8. The lowest BCUT2D eigenvalue weighted by atomic mass is 9.98.